The fraction of sp³-hybridized carbons (Fsp3) is 0.286. The predicted octanol–water partition coefficient (Wildman–Crippen LogP) is 4.13. The lowest BCUT2D eigenvalue weighted by Gasteiger charge is -2.20. The first-order chi connectivity index (χ1) is 13.3. The van der Waals surface area contributed by atoms with Crippen LogP contribution in [0, 0.1) is 0 Å². The molecule has 0 N–H and O–H groups in total. The van der Waals surface area contributed by atoms with Crippen LogP contribution >= 0.6 is 11.3 Å². The summed E-state index contributed by atoms with van der Waals surface area (Å²) in [6.45, 7) is 3.72. The Balaban J connectivity index is 1.47. The molecule has 1 aliphatic rings. The van der Waals surface area contributed by atoms with Crippen LogP contribution in [0.4, 0.5) is 0 Å². The quantitative estimate of drug-likeness (QED) is 0.641. The lowest BCUT2D eigenvalue weighted by Crippen LogP contribution is -2.25. The molecule has 0 bridgehead atoms. The fourth-order valence-corrected chi connectivity index (χ4v) is 3.71. The number of ether oxygens (including phenoxy) is 3. The van der Waals surface area contributed by atoms with Crippen LogP contribution in [-0.2, 0) is 19.7 Å². The fourth-order valence-electron chi connectivity index (χ4n) is 3.17. The lowest BCUT2D eigenvalue weighted by atomic mass is 10.1. The molecule has 0 radical (unpaired) electrons. The molecule has 1 aliphatic heterocycles. The first-order valence-corrected chi connectivity index (χ1v) is 9.86. The number of fused-ring (bicyclic) bond motifs is 1. The summed E-state index contributed by atoms with van der Waals surface area (Å²) >= 11 is 1.57. The van der Waals surface area contributed by atoms with E-state index in [1.54, 1.807) is 18.4 Å². The van der Waals surface area contributed by atoms with Crippen molar-refractivity contribution in [3.05, 3.63) is 70.2 Å². The zero-order valence-electron chi connectivity index (χ0n) is 15.3. The Hall–Kier alpha value is -2.57. The third-order valence-corrected chi connectivity index (χ3v) is 5.16. The highest BCUT2D eigenvalue weighted by Crippen LogP contribution is 2.30. The average molecular weight is 382 g/mol. The van der Waals surface area contributed by atoms with Crippen molar-refractivity contribution in [3.8, 4) is 17.2 Å². The molecule has 0 spiro atoms. The molecule has 2 heterocycles. The van der Waals surface area contributed by atoms with E-state index < -0.39 is 0 Å². The monoisotopic (exact) mass is 382 g/mol. The molecule has 0 amide bonds. The van der Waals surface area contributed by atoms with Crippen molar-refractivity contribution >= 4 is 11.3 Å². The first kappa shape index (κ1) is 17.8. The van der Waals surface area contributed by atoms with Crippen molar-refractivity contribution < 1.29 is 14.2 Å². The minimum atomic E-state index is 0.439. The Morgan fingerprint density at radius 1 is 1.19 bits per heavy atom. The Morgan fingerprint density at radius 2 is 2.11 bits per heavy atom. The van der Waals surface area contributed by atoms with Gasteiger partial charge in [-0.15, -0.1) is 11.3 Å². The highest BCUT2D eigenvalue weighted by Gasteiger charge is 2.16. The summed E-state index contributed by atoms with van der Waals surface area (Å²) in [6.07, 6.45) is 0. The third-order valence-electron chi connectivity index (χ3n) is 4.52. The minimum absolute atomic E-state index is 0.439. The van der Waals surface area contributed by atoms with Gasteiger partial charge in [0, 0.05) is 30.6 Å². The smallest absolute Gasteiger partial charge is 0.162 e. The summed E-state index contributed by atoms with van der Waals surface area (Å²) in [7, 11) is 1.66. The van der Waals surface area contributed by atoms with Crippen molar-refractivity contribution in [3.63, 3.8) is 0 Å². The molecule has 0 unspecified atom stereocenters. The molecule has 3 aromatic rings. The SMILES string of the molecule is COc1ccc(CN2CCOc3ccccc3C2)cc1OCc1cscn1. The van der Waals surface area contributed by atoms with Gasteiger partial charge < -0.3 is 14.2 Å². The van der Waals surface area contributed by atoms with Crippen molar-refractivity contribution in [1.29, 1.82) is 0 Å². The van der Waals surface area contributed by atoms with Crippen LogP contribution in [0.5, 0.6) is 17.2 Å². The van der Waals surface area contributed by atoms with Crippen LogP contribution in [0.2, 0.25) is 0 Å². The number of hydrogen-bond acceptors (Lipinski definition) is 6. The van der Waals surface area contributed by atoms with E-state index in [1.807, 2.05) is 29.1 Å². The Kier molecular flexibility index (Phi) is 5.55. The number of para-hydroxylation sites is 1. The zero-order valence-corrected chi connectivity index (χ0v) is 16.1. The molecule has 140 valence electrons. The summed E-state index contributed by atoms with van der Waals surface area (Å²) in [5, 5.41) is 1.99. The Morgan fingerprint density at radius 3 is 2.96 bits per heavy atom. The largest absolute Gasteiger partial charge is 0.493 e. The highest BCUT2D eigenvalue weighted by atomic mass is 32.1. The second-order valence-corrected chi connectivity index (χ2v) is 7.14. The molecule has 0 fully saturated rings. The highest BCUT2D eigenvalue weighted by molar-refractivity contribution is 7.07. The van der Waals surface area contributed by atoms with Gasteiger partial charge in [0.1, 0.15) is 19.0 Å². The number of hydrogen-bond donors (Lipinski definition) is 0. The van der Waals surface area contributed by atoms with E-state index in [0.29, 0.717) is 13.2 Å². The van der Waals surface area contributed by atoms with E-state index in [1.165, 1.54) is 11.1 Å². The number of methoxy groups -OCH3 is 1. The predicted molar refractivity (Wildman–Crippen MR) is 105 cm³/mol. The van der Waals surface area contributed by atoms with E-state index in [2.05, 4.69) is 34.1 Å². The standard InChI is InChI=1S/C21H22N2O3S/c1-24-20-7-6-16(10-21(20)26-13-18-14-27-15-22-18)11-23-8-9-25-19-5-3-2-4-17(19)12-23/h2-7,10,14-15H,8-9,11-13H2,1H3. The molecule has 0 atom stereocenters. The first-order valence-electron chi connectivity index (χ1n) is 8.91. The number of aromatic nitrogens is 1. The molecule has 0 aliphatic carbocycles. The molecular formula is C21H22N2O3S. The van der Waals surface area contributed by atoms with E-state index >= 15 is 0 Å². The summed E-state index contributed by atoms with van der Waals surface area (Å²) < 4.78 is 17.3. The topological polar surface area (TPSA) is 43.8 Å². The van der Waals surface area contributed by atoms with Gasteiger partial charge in [0.2, 0.25) is 0 Å². The van der Waals surface area contributed by atoms with Gasteiger partial charge >= 0.3 is 0 Å². The van der Waals surface area contributed by atoms with Gasteiger partial charge in [0.15, 0.2) is 11.5 Å². The third kappa shape index (κ3) is 4.40. The number of benzene rings is 2. The van der Waals surface area contributed by atoms with Crippen molar-refractivity contribution in [1.82, 2.24) is 9.88 Å². The van der Waals surface area contributed by atoms with Gasteiger partial charge in [-0.3, -0.25) is 4.90 Å². The Labute approximate surface area is 163 Å². The normalized spacial score (nSPS) is 14.1. The van der Waals surface area contributed by atoms with Gasteiger partial charge in [-0.05, 0) is 23.8 Å². The maximum atomic E-state index is 5.96. The number of rotatable bonds is 6. The average Bonchev–Trinajstić information content (AvgIpc) is 3.13. The van der Waals surface area contributed by atoms with Crippen LogP contribution in [-0.4, -0.2) is 30.1 Å². The lowest BCUT2D eigenvalue weighted by molar-refractivity contribution is 0.219. The summed E-state index contributed by atoms with van der Waals surface area (Å²) in [5.74, 6) is 2.47. The molecule has 2 aromatic carbocycles. The molecule has 6 heteroatoms. The second-order valence-electron chi connectivity index (χ2n) is 6.42. The summed E-state index contributed by atoms with van der Waals surface area (Å²) in [5.41, 5.74) is 5.15. The van der Waals surface area contributed by atoms with Crippen LogP contribution in [0.25, 0.3) is 0 Å². The van der Waals surface area contributed by atoms with E-state index in [9.17, 15) is 0 Å². The maximum Gasteiger partial charge on any atom is 0.162 e. The van der Waals surface area contributed by atoms with Crippen LogP contribution < -0.4 is 14.2 Å². The van der Waals surface area contributed by atoms with Gasteiger partial charge in [-0.2, -0.15) is 0 Å². The van der Waals surface area contributed by atoms with Gasteiger partial charge in [-0.25, -0.2) is 4.98 Å². The van der Waals surface area contributed by atoms with Crippen molar-refractivity contribution in [2.75, 3.05) is 20.3 Å². The van der Waals surface area contributed by atoms with Crippen molar-refractivity contribution in [2.24, 2.45) is 0 Å². The molecular weight excluding hydrogens is 360 g/mol. The molecule has 27 heavy (non-hydrogen) atoms. The van der Waals surface area contributed by atoms with Crippen LogP contribution in [0.15, 0.2) is 53.4 Å². The molecule has 5 nitrogen and oxygen atoms in total. The van der Waals surface area contributed by atoms with Crippen molar-refractivity contribution in [2.45, 2.75) is 19.7 Å². The summed E-state index contributed by atoms with van der Waals surface area (Å²) in [4.78, 5) is 6.65. The molecule has 0 saturated heterocycles. The van der Waals surface area contributed by atoms with Gasteiger partial charge in [0.05, 0.1) is 18.3 Å². The molecule has 1 aromatic heterocycles. The maximum absolute atomic E-state index is 5.96. The van der Waals surface area contributed by atoms with Crippen LogP contribution in [0.1, 0.15) is 16.8 Å². The van der Waals surface area contributed by atoms with Gasteiger partial charge in [-0.1, -0.05) is 24.3 Å². The number of nitrogens with zero attached hydrogens (tertiary/aromatic N) is 2. The summed E-state index contributed by atoms with van der Waals surface area (Å²) in [6, 6.07) is 14.4. The second kappa shape index (κ2) is 8.41. The van der Waals surface area contributed by atoms with E-state index in [-0.39, 0.29) is 0 Å². The zero-order chi connectivity index (χ0) is 18.5. The Bertz CT molecular complexity index is 883. The van der Waals surface area contributed by atoms with E-state index in [4.69, 9.17) is 14.2 Å². The van der Waals surface area contributed by atoms with Gasteiger partial charge in [0.25, 0.3) is 0 Å². The van der Waals surface area contributed by atoms with Crippen LogP contribution in [0.3, 0.4) is 0 Å². The number of thiazole rings is 1. The minimum Gasteiger partial charge on any atom is -0.493 e. The van der Waals surface area contributed by atoms with E-state index in [0.717, 1.165) is 42.6 Å². The molecule has 4 rings (SSSR count). The molecule has 0 saturated carbocycles.